The monoisotopic (exact) mass is 328 g/mol. The zero-order chi connectivity index (χ0) is 16.9. The van der Waals surface area contributed by atoms with Crippen LogP contribution in [0.2, 0.25) is 0 Å². The number of amides is 1. The number of likely N-dealkylation sites (tertiary alicyclic amines) is 1. The Kier molecular flexibility index (Phi) is 5.13. The Morgan fingerprint density at radius 3 is 3.04 bits per heavy atom. The molecule has 6 nitrogen and oxygen atoms in total. The van der Waals surface area contributed by atoms with E-state index in [9.17, 15) is 4.79 Å². The summed E-state index contributed by atoms with van der Waals surface area (Å²) in [5.74, 6) is 1.01. The highest BCUT2D eigenvalue weighted by atomic mass is 16.5. The maximum atomic E-state index is 12.5. The van der Waals surface area contributed by atoms with Gasteiger partial charge in [0.25, 0.3) is 0 Å². The van der Waals surface area contributed by atoms with Gasteiger partial charge in [-0.1, -0.05) is 12.1 Å². The molecule has 0 N–H and O–H groups in total. The van der Waals surface area contributed by atoms with Crippen LogP contribution in [0.4, 0.5) is 0 Å². The second-order valence-electron chi connectivity index (χ2n) is 6.31. The molecule has 2 heterocycles. The summed E-state index contributed by atoms with van der Waals surface area (Å²) < 4.78 is 7.66. The second kappa shape index (κ2) is 7.47. The van der Waals surface area contributed by atoms with Gasteiger partial charge in [0.05, 0.1) is 19.1 Å². The summed E-state index contributed by atoms with van der Waals surface area (Å²) in [6.07, 6.45) is 5.69. The van der Waals surface area contributed by atoms with Crippen molar-refractivity contribution in [1.82, 2.24) is 19.7 Å². The molecule has 1 saturated heterocycles. The van der Waals surface area contributed by atoms with Crippen LogP contribution in [0.25, 0.3) is 0 Å². The topological polar surface area (TPSA) is 60.2 Å². The Labute approximate surface area is 142 Å². The van der Waals surface area contributed by atoms with Crippen molar-refractivity contribution in [1.29, 1.82) is 0 Å². The molecule has 24 heavy (non-hydrogen) atoms. The summed E-state index contributed by atoms with van der Waals surface area (Å²) in [5.41, 5.74) is 2.33. The van der Waals surface area contributed by atoms with Gasteiger partial charge < -0.3 is 9.64 Å². The van der Waals surface area contributed by atoms with Gasteiger partial charge in [-0.15, -0.1) is 0 Å². The maximum absolute atomic E-state index is 12.5. The zero-order valence-electron chi connectivity index (χ0n) is 14.3. The van der Waals surface area contributed by atoms with Gasteiger partial charge in [-0.3, -0.25) is 4.79 Å². The molecule has 0 saturated carbocycles. The molecule has 0 bridgehead atoms. The lowest BCUT2D eigenvalue weighted by Gasteiger charge is -2.32. The van der Waals surface area contributed by atoms with Crippen molar-refractivity contribution >= 4 is 5.91 Å². The second-order valence-corrected chi connectivity index (χ2v) is 6.31. The first-order valence-electron chi connectivity index (χ1n) is 8.46. The first-order valence-corrected chi connectivity index (χ1v) is 8.46. The first kappa shape index (κ1) is 16.5. The molecule has 1 aliphatic rings. The van der Waals surface area contributed by atoms with Gasteiger partial charge in [-0.2, -0.15) is 5.10 Å². The van der Waals surface area contributed by atoms with Crippen LogP contribution in [0.1, 0.15) is 36.4 Å². The lowest BCUT2D eigenvalue weighted by molar-refractivity contribution is -0.133. The first-order chi connectivity index (χ1) is 11.6. The van der Waals surface area contributed by atoms with Crippen LogP contribution in [-0.4, -0.2) is 45.3 Å². The summed E-state index contributed by atoms with van der Waals surface area (Å²) in [6, 6.07) is 6.22. The quantitative estimate of drug-likeness (QED) is 0.846. The summed E-state index contributed by atoms with van der Waals surface area (Å²) in [7, 11) is 0. The highest BCUT2D eigenvalue weighted by Gasteiger charge is 2.25. The summed E-state index contributed by atoms with van der Waals surface area (Å²) >= 11 is 0. The molecule has 1 atom stereocenters. The largest absolute Gasteiger partial charge is 0.493 e. The minimum Gasteiger partial charge on any atom is -0.493 e. The Bertz CT molecular complexity index is 684. The van der Waals surface area contributed by atoms with Gasteiger partial charge in [0.1, 0.15) is 18.4 Å². The van der Waals surface area contributed by atoms with Crippen molar-refractivity contribution in [2.24, 2.45) is 0 Å². The van der Waals surface area contributed by atoms with Crippen LogP contribution >= 0.6 is 0 Å². The van der Waals surface area contributed by atoms with Crippen molar-refractivity contribution in [2.45, 2.75) is 39.2 Å². The molecule has 0 radical (unpaired) electrons. The fraction of sp³-hybridized carbons (Fsp3) is 0.500. The third-order valence-electron chi connectivity index (χ3n) is 4.69. The van der Waals surface area contributed by atoms with Gasteiger partial charge in [0.15, 0.2) is 0 Å². The number of ether oxygens (including phenoxy) is 1. The molecule has 0 spiro atoms. The van der Waals surface area contributed by atoms with Crippen LogP contribution in [0.3, 0.4) is 0 Å². The Balaban J connectivity index is 1.50. The Hall–Kier alpha value is -2.37. The molecule has 0 unspecified atom stereocenters. The Morgan fingerprint density at radius 1 is 1.38 bits per heavy atom. The molecule has 128 valence electrons. The van der Waals surface area contributed by atoms with E-state index in [2.05, 4.69) is 23.1 Å². The predicted molar refractivity (Wildman–Crippen MR) is 90.9 cm³/mol. The number of piperidine rings is 1. The van der Waals surface area contributed by atoms with Gasteiger partial charge in [-0.25, -0.2) is 9.67 Å². The zero-order valence-corrected chi connectivity index (χ0v) is 14.3. The van der Waals surface area contributed by atoms with Gasteiger partial charge in [-0.05, 0) is 43.9 Å². The van der Waals surface area contributed by atoms with Crippen molar-refractivity contribution in [3.63, 3.8) is 0 Å². The standard InChI is InChI=1S/C18H24N4O2/c1-14-5-3-7-17(15(14)2)24-10-8-18(23)21-9-4-6-16(11-21)22-13-19-12-20-22/h3,5,7,12-13,16H,4,6,8-11H2,1-2H3/t16-/m1/s1. The van der Waals surface area contributed by atoms with Crippen molar-refractivity contribution < 1.29 is 9.53 Å². The van der Waals surface area contributed by atoms with Crippen molar-refractivity contribution in [3.05, 3.63) is 42.0 Å². The van der Waals surface area contributed by atoms with E-state index in [0.29, 0.717) is 19.6 Å². The molecule has 1 amide bonds. The normalized spacial score (nSPS) is 17.8. The average Bonchev–Trinajstić information content (AvgIpc) is 3.13. The number of benzene rings is 1. The van der Waals surface area contributed by atoms with Crippen LogP contribution < -0.4 is 4.74 Å². The molecule has 6 heteroatoms. The molecule has 0 aliphatic carbocycles. The minimum atomic E-state index is 0.144. The van der Waals surface area contributed by atoms with E-state index in [0.717, 1.165) is 30.7 Å². The maximum Gasteiger partial charge on any atom is 0.226 e. The lowest BCUT2D eigenvalue weighted by Crippen LogP contribution is -2.41. The molecule has 1 aromatic heterocycles. The minimum absolute atomic E-state index is 0.144. The molecule has 3 rings (SSSR count). The van der Waals surface area contributed by atoms with E-state index >= 15 is 0 Å². The van der Waals surface area contributed by atoms with Crippen LogP contribution in [0.15, 0.2) is 30.9 Å². The summed E-state index contributed by atoms with van der Waals surface area (Å²) in [5, 5.41) is 4.20. The van der Waals surface area contributed by atoms with Gasteiger partial charge >= 0.3 is 0 Å². The van der Waals surface area contributed by atoms with Crippen LogP contribution in [0, 0.1) is 13.8 Å². The van der Waals surface area contributed by atoms with E-state index < -0.39 is 0 Å². The number of hydrogen-bond acceptors (Lipinski definition) is 4. The van der Waals surface area contributed by atoms with Gasteiger partial charge in [0.2, 0.25) is 5.91 Å². The van der Waals surface area contributed by atoms with E-state index in [1.165, 1.54) is 5.56 Å². The number of aromatic nitrogens is 3. The SMILES string of the molecule is Cc1cccc(OCCC(=O)N2CCC[C@@H](n3cncn3)C2)c1C. The molecule has 1 aliphatic heterocycles. The van der Waals surface area contributed by atoms with E-state index in [4.69, 9.17) is 4.74 Å². The molecule has 2 aromatic rings. The third-order valence-corrected chi connectivity index (χ3v) is 4.69. The number of aryl methyl sites for hydroxylation is 1. The van der Waals surface area contributed by atoms with E-state index in [1.807, 2.05) is 28.6 Å². The van der Waals surface area contributed by atoms with Crippen LogP contribution in [-0.2, 0) is 4.79 Å². The smallest absolute Gasteiger partial charge is 0.226 e. The number of hydrogen-bond donors (Lipinski definition) is 0. The van der Waals surface area contributed by atoms with E-state index in [1.54, 1.807) is 12.7 Å². The molecule has 1 aromatic carbocycles. The Morgan fingerprint density at radius 2 is 2.25 bits per heavy atom. The average molecular weight is 328 g/mol. The molecular formula is C18H24N4O2. The summed E-state index contributed by atoms with van der Waals surface area (Å²) in [4.78, 5) is 18.4. The summed E-state index contributed by atoms with van der Waals surface area (Å²) in [6.45, 7) is 6.03. The highest BCUT2D eigenvalue weighted by Crippen LogP contribution is 2.22. The number of carbonyl (C=O) groups is 1. The number of nitrogens with zero attached hydrogens (tertiary/aromatic N) is 4. The van der Waals surface area contributed by atoms with Crippen LogP contribution in [0.5, 0.6) is 5.75 Å². The van der Waals surface area contributed by atoms with Crippen molar-refractivity contribution in [2.75, 3.05) is 19.7 Å². The highest BCUT2D eigenvalue weighted by molar-refractivity contribution is 5.76. The third kappa shape index (κ3) is 3.75. The van der Waals surface area contributed by atoms with Crippen molar-refractivity contribution in [3.8, 4) is 5.75 Å². The van der Waals surface area contributed by atoms with Gasteiger partial charge in [0, 0.05) is 13.1 Å². The predicted octanol–water partition coefficient (Wildman–Crippen LogP) is 2.53. The molecular weight excluding hydrogens is 304 g/mol. The van der Waals surface area contributed by atoms with E-state index in [-0.39, 0.29) is 11.9 Å². The molecule has 1 fully saturated rings. The lowest BCUT2D eigenvalue weighted by atomic mass is 10.1. The number of carbonyl (C=O) groups excluding carboxylic acids is 1. The fourth-order valence-electron chi connectivity index (χ4n) is 3.09. The number of rotatable bonds is 5. The fourth-order valence-corrected chi connectivity index (χ4v) is 3.09.